The Kier molecular flexibility index (Phi) is 2.90. The van der Waals surface area contributed by atoms with Crippen LogP contribution >= 0.6 is 27.3 Å². The predicted octanol–water partition coefficient (Wildman–Crippen LogP) is 3.77. The van der Waals surface area contributed by atoms with E-state index < -0.39 is 0 Å². The van der Waals surface area contributed by atoms with Crippen molar-refractivity contribution in [2.45, 2.75) is 13.8 Å². The van der Waals surface area contributed by atoms with Crippen molar-refractivity contribution in [3.05, 3.63) is 28.0 Å². The lowest BCUT2D eigenvalue weighted by molar-refractivity contribution is 1.53. The van der Waals surface area contributed by atoms with Gasteiger partial charge in [0.2, 0.25) is 0 Å². The molecule has 0 nitrogen and oxygen atoms in total. The van der Waals surface area contributed by atoms with E-state index in [-0.39, 0.29) is 0 Å². The van der Waals surface area contributed by atoms with Crippen molar-refractivity contribution in [2.24, 2.45) is 0 Å². The number of hydrogen-bond acceptors (Lipinski definition) is 1. The van der Waals surface area contributed by atoms with E-state index in [1.807, 2.05) is 11.3 Å². The third-order valence-electron chi connectivity index (χ3n) is 1.58. The molecule has 60 valence electrons. The van der Waals surface area contributed by atoms with Gasteiger partial charge >= 0.3 is 0 Å². The second-order valence-electron chi connectivity index (χ2n) is 2.56. The van der Waals surface area contributed by atoms with Crippen molar-refractivity contribution in [1.82, 2.24) is 0 Å². The summed E-state index contributed by atoms with van der Waals surface area (Å²) in [7, 11) is 0. The summed E-state index contributed by atoms with van der Waals surface area (Å²) in [5, 5.41) is 0.865. The van der Waals surface area contributed by atoms with Crippen LogP contribution in [0.3, 0.4) is 0 Å². The lowest BCUT2D eigenvalue weighted by atomic mass is 10.1. The van der Waals surface area contributed by atoms with Gasteiger partial charge in [-0.1, -0.05) is 22.5 Å². The Labute approximate surface area is 80.1 Å². The minimum atomic E-state index is 0.865. The van der Waals surface area contributed by atoms with E-state index in [2.05, 4.69) is 42.4 Å². The zero-order valence-electron chi connectivity index (χ0n) is 6.78. The molecule has 0 spiro atoms. The van der Waals surface area contributed by atoms with Crippen LogP contribution in [0, 0.1) is 13.8 Å². The quantitative estimate of drug-likeness (QED) is 0.679. The van der Waals surface area contributed by atoms with E-state index in [4.69, 9.17) is 0 Å². The van der Waals surface area contributed by atoms with Crippen LogP contribution in [-0.2, 0) is 0 Å². The third-order valence-corrected chi connectivity index (χ3v) is 3.23. The van der Waals surface area contributed by atoms with Crippen molar-refractivity contribution in [1.29, 1.82) is 0 Å². The molecule has 0 unspecified atom stereocenters. The van der Waals surface area contributed by atoms with Gasteiger partial charge in [-0.15, -0.1) is 11.3 Å². The van der Waals surface area contributed by atoms with E-state index in [9.17, 15) is 0 Å². The standard InChI is InChI=1S/C9H11BrS/c1-6(5-10)9-4-7(2)11-8(9)3/h4H,1,5H2,2-3H3. The Morgan fingerprint density at radius 3 is 2.64 bits per heavy atom. The van der Waals surface area contributed by atoms with Gasteiger partial charge < -0.3 is 0 Å². The number of rotatable bonds is 2. The fourth-order valence-electron chi connectivity index (χ4n) is 1.05. The van der Waals surface area contributed by atoms with E-state index >= 15 is 0 Å². The van der Waals surface area contributed by atoms with Crippen LogP contribution in [-0.4, -0.2) is 5.33 Å². The topological polar surface area (TPSA) is 0 Å². The van der Waals surface area contributed by atoms with Crippen molar-refractivity contribution >= 4 is 32.8 Å². The minimum Gasteiger partial charge on any atom is -0.145 e. The Morgan fingerprint density at radius 2 is 2.27 bits per heavy atom. The summed E-state index contributed by atoms with van der Waals surface area (Å²) in [4.78, 5) is 2.73. The molecule has 0 fully saturated rings. The highest BCUT2D eigenvalue weighted by Gasteiger charge is 2.04. The molecular weight excluding hydrogens is 220 g/mol. The second-order valence-corrected chi connectivity index (χ2v) is 4.59. The molecule has 0 saturated heterocycles. The van der Waals surface area contributed by atoms with Gasteiger partial charge in [-0.2, -0.15) is 0 Å². The number of thiophene rings is 1. The number of hydrogen-bond donors (Lipinski definition) is 0. The van der Waals surface area contributed by atoms with Crippen LogP contribution in [0.15, 0.2) is 12.6 Å². The maximum Gasteiger partial charge on any atom is 0.0283 e. The Bertz CT molecular complexity index is 273. The van der Waals surface area contributed by atoms with Crippen LogP contribution in [0.25, 0.3) is 5.57 Å². The molecule has 1 aromatic rings. The molecule has 0 aliphatic heterocycles. The molecule has 0 aliphatic rings. The van der Waals surface area contributed by atoms with Gasteiger partial charge in [-0.25, -0.2) is 0 Å². The van der Waals surface area contributed by atoms with Crippen molar-refractivity contribution in [3.63, 3.8) is 0 Å². The number of halogens is 1. The highest BCUT2D eigenvalue weighted by molar-refractivity contribution is 9.09. The normalized spacial score (nSPS) is 10.1. The van der Waals surface area contributed by atoms with Gasteiger partial charge in [-0.3, -0.25) is 0 Å². The summed E-state index contributed by atoms with van der Waals surface area (Å²) in [5.74, 6) is 0. The SMILES string of the molecule is C=C(CBr)c1cc(C)sc1C. The molecule has 0 bridgehead atoms. The van der Waals surface area contributed by atoms with E-state index in [0.29, 0.717) is 0 Å². The van der Waals surface area contributed by atoms with Gasteiger partial charge in [0.1, 0.15) is 0 Å². The minimum absolute atomic E-state index is 0.865. The Hall–Kier alpha value is -0.0800. The zero-order valence-corrected chi connectivity index (χ0v) is 9.18. The number of alkyl halides is 1. The molecule has 0 radical (unpaired) electrons. The molecule has 0 aliphatic carbocycles. The molecule has 0 saturated carbocycles. The predicted molar refractivity (Wildman–Crippen MR) is 56.6 cm³/mol. The molecule has 1 rings (SSSR count). The molecule has 2 heteroatoms. The first-order valence-corrected chi connectivity index (χ1v) is 5.40. The molecule has 0 N–H and O–H groups in total. The summed E-state index contributed by atoms with van der Waals surface area (Å²) in [6.45, 7) is 8.24. The molecule has 1 aromatic heterocycles. The van der Waals surface area contributed by atoms with Gasteiger partial charge in [0.05, 0.1) is 0 Å². The van der Waals surface area contributed by atoms with E-state index in [0.717, 1.165) is 5.33 Å². The summed E-state index contributed by atoms with van der Waals surface area (Å²) >= 11 is 5.23. The highest BCUT2D eigenvalue weighted by atomic mass is 79.9. The first-order valence-electron chi connectivity index (χ1n) is 3.46. The maximum absolute atomic E-state index is 3.98. The first-order chi connectivity index (χ1) is 5.15. The monoisotopic (exact) mass is 230 g/mol. The van der Waals surface area contributed by atoms with Gasteiger partial charge in [0.25, 0.3) is 0 Å². The summed E-state index contributed by atoms with van der Waals surface area (Å²) in [5.41, 5.74) is 2.48. The van der Waals surface area contributed by atoms with Gasteiger partial charge in [0.15, 0.2) is 0 Å². The van der Waals surface area contributed by atoms with Crippen LogP contribution in [0.2, 0.25) is 0 Å². The maximum atomic E-state index is 3.98. The van der Waals surface area contributed by atoms with Crippen molar-refractivity contribution < 1.29 is 0 Å². The molecular formula is C9H11BrS. The fraction of sp³-hybridized carbons (Fsp3) is 0.333. The van der Waals surface area contributed by atoms with Crippen molar-refractivity contribution in [3.8, 4) is 0 Å². The second kappa shape index (κ2) is 3.55. The average Bonchev–Trinajstić information content (AvgIpc) is 2.28. The Balaban J connectivity index is 3.03. The lowest BCUT2D eigenvalue weighted by Gasteiger charge is -1.97. The molecule has 0 aromatic carbocycles. The Morgan fingerprint density at radius 1 is 1.64 bits per heavy atom. The molecule has 1 heterocycles. The van der Waals surface area contributed by atoms with E-state index in [1.165, 1.54) is 20.9 Å². The summed E-state index contributed by atoms with van der Waals surface area (Å²) < 4.78 is 0. The highest BCUT2D eigenvalue weighted by Crippen LogP contribution is 2.26. The zero-order chi connectivity index (χ0) is 8.43. The van der Waals surface area contributed by atoms with E-state index in [1.54, 1.807) is 0 Å². The lowest BCUT2D eigenvalue weighted by Crippen LogP contribution is -1.81. The van der Waals surface area contributed by atoms with Crippen LogP contribution < -0.4 is 0 Å². The first kappa shape index (κ1) is 9.01. The van der Waals surface area contributed by atoms with Gasteiger partial charge in [-0.05, 0) is 31.1 Å². The van der Waals surface area contributed by atoms with Crippen LogP contribution in [0.1, 0.15) is 15.3 Å². The third kappa shape index (κ3) is 1.94. The largest absolute Gasteiger partial charge is 0.145 e. The summed E-state index contributed by atoms with van der Waals surface area (Å²) in [6, 6.07) is 2.20. The van der Waals surface area contributed by atoms with Crippen LogP contribution in [0.4, 0.5) is 0 Å². The van der Waals surface area contributed by atoms with Crippen molar-refractivity contribution in [2.75, 3.05) is 5.33 Å². The smallest absolute Gasteiger partial charge is 0.0283 e. The molecule has 11 heavy (non-hydrogen) atoms. The summed E-state index contributed by atoms with van der Waals surface area (Å²) in [6.07, 6.45) is 0. The van der Waals surface area contributed by atoms with Crippen LogP contribution in [0.5, 0.6) is 0 Å². The van der Waals surface area contributed by atoms with Gasteiger partial charge in [0, 0.05) is 15.1 Å². The number of aryl methyl sites for hydroxylation is 2. The molecule has 0 atom stereocenters. The molecule has 0 amide bonds. The number of allylic oxidation sites excluding steroid dienone is 1. The average molecular weight is 231 g/mol. The fourth-order valence-corrected chi connectivity index (χ4v) is 2.33.